The van der Waals surface area contributed by atoms with Crippen LogP contribution in [0, 0.1) is 0 Å². The third-order valence-electron chi connectivity index (χ3n) is 2.30. The highest BCUT2D eigenvalue weighted by atomic mass is 35.5. The zero-order chi connectivity index (χ0) is 12.3. The van der Waals surface area contributed by atoms with Crippen molar-refractivity contribution in [3.05, 3.63) is 16.7 Å². The number of aromatic nitrogens is 2. The van der Waals surface area contributed by atoms with Crippen molar-refractivity contribution in [1.29, 1.82) is 0 Å². The largest absolute Gasteiger partial charge is 0.395 e. The van der Waals surface area contributed by atoms with Crippen molar-refractivity contribution in [2.75, 3.05) is 31.2 Å². The molecule has 7 heteroatoms. The first-order valence-corrected chi connectivity index (χ1v) is 6.39. The van der Waals surface area contributed by atoms with Gasteiger partial charge in [-0.15, -0.1) is 11.3 Å². The summed E-state index contributed by atoms with van der Waals surface area (Å²) in [5.74, 6) is 0.665. The van der Waals surface area contributed by atoms with E-state index in [1.165, 1.54) is 11.3 Å². The molecule has 2 rings (SSSR count). The lowest BCUT2D eigenvalue weighted by atomic mass is 10.4. The fourth-order valence-corrected chi connectivity index (χ4v) is 2.62. The van der Waals surface area contributed by atoms with Crippen LogP contribution >= 0.6 is 22.9 Å². The SMILES string of the molecule is OCCN(CCO)c1nc(Cl)nc2ccsc12. The van der Waals surface area contributed by atoms with Crippen LogP contribution < -0.4 is 4.90 Å². The van der Waals surface area contributed by atoms with Crippen LogP contribution in [0.25, 0.3) is 10.2 Å². The summed E-state index contributed by atoms with van der Waals surface area (Å²) >= 11 is 7.37. The number of fused-ring (bicyclic) bond motifs is 1. The zero-order valence-electron chi connectivity index (χ0n) is 9.01. The highest BCUT2D eigenvalue weighted by Gasteiger charge is 2.14. The highest BCUT2D eigenvalue weighted by molar-refractivity contribution is 7.17. The summed E-state index contributed by atoms with van der Waals surface area (Å²) in [7, 11) is 0. The molecule has 0 aliphatic heterocycles. The summed E-state index contributed by atoms with van der Waals surface area (Å²) in [5, 5.41) is 20.1. The lowest BCUT2D eigenvalue weighted by Gasteiger charge is -2.22. The molecule has 2 heterocycles. The number of anilines is 1. The molecule has 0 bridgehead atoms. The molecule has 0 spiro atoms. The van der Waals surface area contributed by atoms with E-state index in [9.17, 15) is 0 Å². The van der Waals surface area contributed by atoms with Crippen molar-refractivity contribution < 1.29 is 10.2 Å². The van der Waals surface area contributed by atoms with E-state index in [1.54, 1.807) is 4.90 Å². The summed E-state index contributed by atoms with van der Waals surface area (Å²) in [6.45, 7) is 0.796. The van der Waals surface area contributed by atoms with Gasteiger partial charge in [-0.2, -0.15) is 4.98 Å². The van der Waals surface area contributed by atoms with Gasteiger partial charge in [-0.05, 0) is 23.0 Å². The van der Waals surface area contributed by atoms with Crippen LogP contribution in [0.5, 0.6) is 0 Å². The molecular weight excluding hydrogens is 262 g/mol. The summed E-state index contributed by atoms with van der Waals surface area (Å²) in [4.78, 5) is 10.1. The van der Waals surface area contributed by atoms with Gasteiger partial charge in [-0.3, -0.25) is 0 Å². The fourth-order valence-electron chi connectivity index (χ4n) is 1.60. The van der Waals surface area contributed by atoms with Gasteiger partial charge in [0.15, 0.2) is 5.82 Å². The summed E-state index contributed by atoms with van der Waals surface area (Å²) in [6.07, 6.45) is 0. The Morgan fingerprint density at radius 1 is 1.24 bits per heavy atom. The summed E-state index contributed by atoms with van der Waals surface area (Å²) in [5.41, 5.74) is 0.783. The normalized spacial score (nSPS) is 11.0. The monoisotopic (exact) mass is 273 g/mol. The van der Waals surface area contributed by atoms with Gasteiger partial charge >= 0.3 is 0 Å². The maximum atomic E-state index is 9.02. The number of rotatable bonds is 5. The van der Waals surface area contributed by atoms with Crippen LogP contribution in [0.1, 0.15) is 0 Å². The molecule has 17 heavy (non-hydrogen) atoms. The fraction of sp³-hybridized carbons (Fsp3) is 0.400. The maximum Gasteiger partial charge on any atom is 0.224 e. The quantitative estimate of drug-likeness (QED) is 0.800. The predicted molar refractivity (Wildman–Crippen MR) is 68.8 cm³/mol. The van der Waals surface area contributed by atoms with Gasteiger partial charge in [0.2, 0.25) is 5.28 Å². The first-order valence-electron chi connectivity index (χ1n) is 5.13. The Labute approximate surface area is 107 Å². The predicted octanol–water partition coefficient (Wildman–Crippen LogP) is 1.14. The highest BCUT2D eigenvalue weighted by Crippen LogP contribution is 2.29. The molecule has 0 saturated heterocycles. The smallest absolute Gasteiger partial charge is 0.224 e. The molecule has 0 saturated carbocycles. The van der Waals surface area contributed by atoms with Crippen LogP contribution in [0.15, 0.2) is 11.4 Å². The average Bonchev–Trinajstić information content (AvgIpc) is 2.75. The van der Waals surface area contributed by atoms with Crippen LogP contribution in [-0.2, 0) is 0 Å². The molecule has 2 aromatic rings. The van der Waals surface area contributed by atoms with E-state index in [-0.39, 0.29) is 18.5 Å². The number of halogens is 1. The molecule has 2 N–H and O–H groups in total. The molecule has 5 nitrogen and oxygen atoms in total. The van der Waals surface area contributed by atoms with Gasteiger partial charge in [-0.25, -0.2) is 4.98 Å². The molecule has 2 aromatic heterocycles. The molecule has 92 valence electrons. The first-order chi connectivity index (χ1) is 8.26. The Hall–Kier alpha value is -0.950. The van der Waals surface area contributed by atoms with E-state index < -0.39 is 0 Å². The third kappa shape index (κ3) is 2.66. The summed E-state index contributed by atoms with van der Waals surface area (Å²) < 4.78 is 0.913. The van der Waals surface area contributed by atoms with Crippen LogP contribution in [0.4, 0.5) is 5.82 Å². The molecule has 0 radical (unpaired) electrons. The van der Waals surface area contributed by atoms with E-state index in [1.807, 2.05) is 11.4 Å². The topological polar surface area (TPSA) is 69.5 Å². The van der Waals surface area contributed by atoms with Gasteiger partial charge in [-0.1, -0.05) is 0 Å². The minimum atomic E-state index is -0.00547. The molecule has 0 unspecified atom stereocenters. The van der Waals surface area contributed by atoms with Crippen LogP contribution in [-0.4, -0.2) is 46.5 Å². The van der Waals surface area contributed by atoms with Crippen molar-refractivity contribution in [3.63, 3.8) is 0 Å². The van der Waals surface area contributed by atoms with Crippen molar-refractivity contribution in [3.8, 4) is 0 Å². The Kier molecular flexibility index (Phi) is 4.11. The Morgan fingerprint density at radius 2 is 1.94 bits per heavy atom. The lowest BCUT2D eigenvalue weighted by molar-refractivity contribution is 0.281. The first kappa shape index (κ1) is 12.5. The minimum absolute atomic E-state index is 0.00547. The number of nitrogens with zero attached hydrogens (tertiary/aromatic N) is 3. The van der Waals surface area contributed by atoms with Gasteiger partial charge in [0, 0.05) is 13.1 Å². The van der Waals surface area contributed by atoms with Crippen molar-refractivity contribution in [1.82, 2.24) is 9.97 Å². The van der Waals surface area contributed by atoms with E-state index in [2.05, 4.69) is 9.97 Å². The Morgan fingerprint density at radius 3 is 2.59 bits per heavy atom. The maximum absolute atomic E-state index is 9.02. The molecule has 0 aliphatic carbocycles. The Balaban J connectivity index is 2.46. The van der Waals surface area contributed by atoms with E-state index in [4.69, 9.17) is 21.8 Å². The number of aliphatic hydroxyl groups excluding tert-OH is 2. The van der Waals surface area contributed by atoms with Crippen molar-refractivity contribution in [2.24, 2.45) is 0 Å². The minimum Gasteiger partial charge on any atom is -0.395 e. The molecular formula is C10H12ClN3O2S. The zero-order valence-corrected chi connectivity index (χ0v) is 10.6. The van der Waals surface area contributed by atoms with Crippen LogP contribution in [0.2, 0.25) is 5.28 Å². The number of hydrogen-bond donors (Lipinski definition) is 2. The number of aliphatic hydroxyl groups is 2. The van der Waals surface area contributed by atoms with Gasteiger partial charge < -0.3 is 15.1 Å². The molecule has 0 aromatic carbocycles. The second-order valence-electron chi connectivity index (χ2n) is 3.39. The standard InChI is InChI=1S/C10H12ClN3O2S/c11-10-12-7-1-6-17-8(7)9(13-10)14(2-4-15)3-5-16/h1,6,15-16H,2-5H2. The van der Waals surface area contributed by atoms with E-state index in [0.29, 0.717) is 18.9 Å². The van der Waals surface area contributed by atoms with Crippen molar-refractivity contribution in [2.45, 2.75) is 0 Å². The third-order valence-corrected chi connectivity index (χ3v) is 3.37. The lowest BCUT2D eigenvalue weighted by Crippen LogP contribution is -2.30. The van der Waals surface area contributed by atoms with Gasteiger partial charge in [0.1, 0.15) is 0 Å². The Bertz CT molecular complexity index is 499. The molecule has 0 atom stereocenters. The number of thiophene rings is 1. The van der Waals surface area contributed by atoms with Crippen molar-refractivity contribution >= 4 is 39.0 Å². The molecule has 0 aliphatic rings. The van der Waals surface area contributed by atoms with E-state index >= 15 is 0 Å². The van der Waals surface area contributed by atoms with E-state index in [0.717, 1.165) is 10.2 Å². The van der Waals surface area contributed by atoms with Gasteiger partial charge in [0.05, 0.1) is 23.4 Å². The van der Waals surface area contributed by atoms with Gasteiger partial charge in [0.25, 0.3) is 0 Å². The second kappa shape index (κ2) is 5.59. The summed E-state index contributed by atoms with van der Waals surface area (Å²) in [6, 6.07) is 1.87. The second-order valence-corrected chi connectivity index (χ2v) is 4.64. The molecule has 0 amide bonds. The molecule has 0 fully saturated rings. The average molecular weight is 274 g/mol. The van der Waals surface area contributed by atoms with Crippen LogP contribution in [0.3, 0.4) is 0 Å². The number of hydrogen-bond acceptors (Lipinski definition) is 6.